The molecule has 0 bridgehead atoms. The third-order valence-electron chi connectivity index (χ3n) is 3.03. The van der Waals surface area contributed by atoms with Gasteiger partial charge in [-0.3, -0.25) is 14.9 Å². The van der Waals surface area contributed by atoms with E-state index in [2.05, 4.69) is 10.6 Å². The standard InChI is InChI=1S/C16H14ClN3O4S2/c1-10(21)20-26(23,24)14-8-6-13(7-9-14)18-16(25)19-15(22)11-2-4-12(17)5-3-11/h2-9H,1H3,(H,20,21)(H2,18,19,22,25). The number of hydrogen-bond donors (Lipinski definition) is 3. The number of halogens is 1. The van der Waals surface area contributed by atoms with E-state index in [1.807, 2.05) is 4.72 Å². The van der Waals surface area contributed by atoms with E-state index in [9.17, 15) is 18.0 Å². The van der Waals surface area contributed by atoms with Gasteiger partial charge in [0, 0.05) is 23.2 Å². The molecule has 0 heterocycles. The van der Waals surface area contributed by atoms with Gasteiger partial charge < -0.3 is 5.32 Å². The van der Waals surface area contributed by atoms with E-state index in [0.717, 1.165) is 6.92 Å². The number of carbonyl (C=O) groups excluding carboxylic acids is 2. The van der Waals surface area contributed by atoms with Crippen LogP contribution in [0.4, 0.5) is 5.69 Å². The number of sulfonamides is 1. The maximum Gasteiger partial charge on any atom is 0.264 e. The number of carbonyl (C=O) groups is 2. The molecule has 0 unspecified atom stereocenters. The number of nitrogens with one attached hydrogen (secondary N) is 3. The Bertz CT molecular complexity index is 942. The first kappa shape index (κ1) is 19.8. The molecule has 0 atom stereocenters. The molecular weight excluding hydrogens is 398 g/mol. The summed E-state index contributed by atoms with van der Waals surface area (Å²) in [5, 5.41) is 5.82. The van der Waals surface area contributed by atoms with Crippen LogP contribution < -0.4 is 15.4 Å². The fourth-order valence-electron chi connectivity index (χ4n) is 1.90. The highest BCUT2D eigenvalue weighted by Gasteiger charge is 2.15. The first-order valence-electron chi connectivity index (χ1n) is 7.19. The van der Waals surface area contributed by atoms with Gasteiger partial charge in [0.1, 0.15) is 0 Å². The Balaban J connectivity index is 2.00. The molecule has 0 aromatic heterocycles. The highest BCUT2D eigenvalue weighted by Crippen LogP contribution is 2.14. The zero-order valence-electron chi connectivity index (χ0n) is 13.4. The zero-order valence-corrected chi connectivity index (χ0v) is 15.8. The molecule has 7 nitrogen and oxygen atoms in total. The Hall–Kier alpha value is -2.49. The van der Waals surface area contributed by atoms with Crippen molar-refractivity contribution in [2.75, 3.05) is 5.32 Å². The van der Waals surface area contributed by atoms with Gasteiger partial charge in [-0.1, -0.05) is 11.6 Å². The van der Waals surface area contributed by atoms with Gasteiger partial charge in [0.2, 0.25) is 5.91 Å². The number of thiocarbonyl (C=S) groups is 1. The minimum Gasteiger partial charge on any atom is -0.332 e. The van der Waals surface area contributed by atoms with Crippen LogP contribution >= 0.6 is 23.8 Å². The summed E-state index contributed by atoms with van der Waals surface area (Å²) in [7, 11) is -3.90. The molecule has 2 aromatic carbocycles. The first-order valence-corrected chi connectivity index (χ1v) is 9.46. The van der Waals surface area contributed by atoms with Crippen LogP contribution in [0.2, 0.25) is 5.02 Å². The summed E-state index contributed by atoms with van der Waals surface area (Å²) in [6.07, 6.45) is 0. The van der Waals surface area contributed by atoms with Crippen LogP contribution in [0.25, 0.3) is 0 Å². The Labute approximate surface area is 160 Å². The fraction of sp³-hybridized carbons (Fsp3) is 0.0625. The van der Waals surface area contributed by atoms with Crippen LogP contribution in [0.15, 0.2) is 53.4 Å². The molecule has 26 heavy (non-hydrogen) atoms. The van der Waals surface area contributed by atoms with Crippen molar-refractivity contribution in [2.45, 2.75) is 11.8 Å². The largest absolute Gasteiger partial charge is 0.332 e. The lowest BCUT2D eigenvalue weighted by Gasteiger charge is -2.10. The summed E-state index contributed by atoms with van der Waals surface area (Å²) in [6, 6.07) is 11.8. The van der Waals surface area contributed by atoms with Gasteiger partial charge in [-0.25, -0.2) is 13.1 Å². The summed E-state index contributed by atoms with van der Waals surface area (Å²) < 4.78 is 25.6. The van der Waals surface area contributed by atoms with E-state index < -0.39 is 21.8 Å². The van der Waals surface area contributed by atoms with Crippen molar-refractivity contribution in [3.63, 3.8) is 0 Å². The van der Waals surface area contributed by atoms with Gasteiger partial charge >= 0.3 is 0 Å². The van der Waals surface area contributed by atoms with Crippen LogP contribution in [0.3, 0.4) is 0 Å². The van der Waals surface area contributed by atoms with Gasteiger partial charge in [0.25, 0.3) is 15.9 Å². The Kier molecular flexibility index (Phi) is 6.30. The van der Waals surface area contributed by atoms with Gasteiger partial charge in [-0.2, -0.15) is 0 Å². The van der Waals surface area contributed by atoms with Gasteiger partial charge in [0.05, 0.1) is 4.90 Å². The topological polar surface area (TPSA) is 104 Å². The lowest BCUT2D eigenvalue weighted by atomic mass is 10.2. The molecule has 0 spiro atoms. The molecule has 10 heteroatoms. The van der Waals surface area contributed by atoms with Crippen molar-refractivity contribution in [2.24, 2.45) is 0 Å². The highest BCUT2D eigenvalue weighted by molar-refractivity contribution is 7.90. The van der Waals surface area contributed by atoms with Crippen molar-refractivity contribution in [3.05, 3.63) is 59.1 Å². The average Bonchev–Trinajstić information content (AvgIpc) is 2.54. The number of rotatable bonds is 4. The van der Waals surface area contributed by atoms with Crippen LogP contribution in [0.5, 0.6) is 0 Å². The van der Waals surface area contributed by atoms with Crippen molar-refractivity contribution in [3.8, 4) is 0 Å². The van der Waals surface area contributed by atoms with E-state index in [1.54, 1.807) is 24.3 Å². The maximum atomic E-state index is 12.0. The molecule has 3 N–H and O–H groups in total. The molecule has 0 saturated carbocycles. The quantitative estimate of drug-likeness (QED) is 0.667. The van der Waals surface area contributed by atoms with Gasteiger partial charge in [0.15, 0.2) is 5.11 Å². The maximum absolute atomic E-state index is 12.0. The summed E-state index contributed by atoms with van der Waals surface area (Å²) in [5.41, 5.74) is 0.850. The first-order chi connectivity index (χ1) is 12.2. The van der Waals surface area contributed by atoms with E-state index in [0.29, 0.717) is 16.3 Å². The van der Waals surface area contributed by atoms with Crippen molar-refractivity contribution in [1.82, 2.24) is 10.0 Å². The fourth-order valence-corrected chi connectivity index (χ4v) is 3.23. The second-order valence-electron chi connectivity index (χ2n) is 5.10. The van der Waals surface area contributed by atoms with Crippen LogP contribution in [0.1, 0.15) is 17.3 Å². The second-order valence-corrected chi connectivity index (χ2v) is 7.63. The molecule has 0 radical (unpaired) electrons. The Morgan fingerprint density at radius 1 is 1.00 bits per heavy atom. The smallest absolute Gasteiger partial charge is 0.264 e. The van der Waals surface area contributed by atoms with Crippen molar-refractivity contribution >= 4 is 56.5 Å². The SMILES string of the molecule is CC(=O)NS(=O)(=O)c1ccc(NC(=S)NC(=O)c2ccc(Cl)cc2)cc1. The normalized spacial score (nSPS) is 10.7. The molecule has 0 aliphatic rings. The van der Waals surface area contributed by atoms with Crippen LogP contribution in [-0.4, -0.2) is 25.3 Å². The van der Waals surface area contributed by atoms with Crippen LogP contribution in [-0.2, 0) is 14.8 Å². The van der Waals surface area contributed by atoms with E-state index in [1.165, 1.54) is 24.3 Å². The molecule has 2 rings (SSSR count). The van der Waals surface area contributed by atoms with Crippen molar-refractivity contribution < 1.29 is 18.0 Å². The molecule has 2 amide bonds. The minimum absolute atomic E-state index is 0.0439. The summed E-state index contributed by atoms with van der Waals surface area (Å²) >= 11 is 10.8. The lowest BCUT2D eigenvalue weighted by Crippen LogP contribution is -2.34. The predicted octanol–water partition coefficient (Wildman–Crippen LogP) is 2.29. The molecule has 0 aliphatic carbocycles. The second kappa shape index (κ2) is 8.26. The number of hydrogen-bond acceptors (Lipinski definition) is 5. The third-order valence-corrected chi connectivity index (χ3v) is 4.94. The Morgan fingerprint density at radius 3 is 2.12 bits per heavy atom. The van der Waals surface area contributed by atoms with Gasteiger partial charge in [-0.05, 0) is 60.7 Å². The lowest BCUT2D eigenvalue weighted by molar-refractivity contribution is -0.117. The molecule has 136 valence electrons. The minimum atomic E-state index is -3.90. The van der Waals surface area contributed by atoms with Crippen LogP contribution in [0, 0.1) is 0 Å². The summed E-state index contributed by atoms with van der Waals surface area (Å²) in [4.78, 5) is 22.9. The molecule has 0 saturated heterocycles. The summed E-state index contributed by atoms with van der Waals surface area (Å²) in [5.74, 6) is -1.10. The average molecular weight is 412 g/mol. The Morgan fingerprint density at radius 2 is 1.58 bits per heavy atom. The number of anilines is 1. The molecule has 0 aliphatic heterocycles. The number of amides is 2. The van der Waals surface area contributed by atoms with E-state index in [4.69, 9.17) is 23.8 Å². The van der Waals surface area contributed by atoms with Gasteiger partial charge in [-0.15, -0.1) is 0 Å². The molecule has 2 aromatic rings. The highest BCUT2D eigenvalue weighted by atomic mass is 35.5. The van der Waals surface area contributed by atoms with E-state index >= 15 is 0 Å². The predicted molar refractivity (Wildman–Crippen MR) is 103 cm³/mol. The monoisotopic (exact) mass is 411 g/mol. The zero-order chi connectivity index (χ0) is 19.3. The van der Waals surface area contributed by atoms with Crippen molar-refractivity contribution in [1.29, 1.82) is 0 Å². The summed E-state index contributed by atoms with van der Waals surface area (Å²) in [6.45, 7) is 1.11. The van der Waals surface area contributed by atoms with E-state index in [-0.39, 0.29) is 10.0 Å². The number of benzene rings is 2. The third kappa shape index (κ3) is 5.51. The molecule has 0 fully saturated rings. The molecular formula is C16H14ClN3O4S2.